The van der Waals surface area contributed by atoms with Crippen LogP contribution in [0.3, 0.4) is 0 Å². The maximum atomic E-state index is 12.7. The van der Waals surface area contributed by atoms with Crippen LogP contribution in [0.4, 0.5) is 5.69 Å². The first-order valence-electron chi connectivity index (χ1n) is 8.89. The molecule has 2 aromatic carbocycles. The van der Waals surface area contributed by atoms with Crippen LogP contribution >= 0.6 is 0 Å². The van der Waals surface area contributed by atoms with E-state index in [1.165, 1.54) is 0 Å². The van der Waals surface area contributed by atoms with Gasteiger partial charge in [-0.1, -0.05) is 18.2 Å². The molecule has 5 nitrogen and oxygen atoms in total. The molecule has 134 valence electrons. The highest BCUT2D eigenvalue weighted by atomic mass is 16.5. The van der Waals surface area contributed by atoms with Crippen LogP contribution in [0.5, 0.6) is 5.75 Å². The van der Waals surface area contributed by atoms with Crippen molar-refractivity contribution in [3.8, 4) is 5.75 Å². The second kappa shape index (κ2) is 6.48. The Bertz CT molecular complexity index is 819. The number of anilines is 1. The molecule has 0 N–H and O–H groups in total. The number of hydrogen-bond acceptors (Lipinski definition) is 3. The van der Waals surface area contributed by atoms with Gasteiger partial charge in [0.1, 0.15) is 5.75 Å². The highest BCUT2D eigenvalue weighted by Crippen LogP contribution is 2.42. The van der Waals surface area contributed by atoms with E-state index in [1.807, 2.05) is 64.4 Å². The van der Waals surface area contributed by atoms with Crippen molar-refractivity contribution in [3.63, 3.8) is 0 Å². The second-order valence-corrected chi connectivity index (χ2v) is 7.20. The van der Waals surface area contributed by atoms with Gasteiger partial charge in [-0.2, -0.15) is 0 Å². The Morgan fingerprint density at radius 1 is 1.04 bits per heavy atom. The van der Waals surface area contributed by atoms with E-state index in [0.29, 0.717) is 31.6 Å². The molecule has 2 saturated heterocycles. The number of likely N-dealkylation sites (tertiary alicyclic amines) is 1. The molecule has 0 aromatic heterocycles. The zero-order valence-corrected chi connectivity index (χ0v) is 14.9. The predicted octanol–water partition coefficient (Wildman–Crippen LogP) is 2.96. The number of nitrogens with zero attached hydrogens (tertiary/aromatic N) is 2. The standard InChI is InChI=1S/C21H22N2O3/c1-26-18-9-7-17(8-10-18)23-15-21(13-19(23)24)11-12-22(14-21)20(25)16-5-3-2-4-6-16/h2-10H,11-15H2,1H3/t21-/m0/s1. The van der Waals surface area contributed by atoms with Crippen molar-refractivity contribution in [2.24, 2.45) is 5.41 Å². The van der Waals surface area contributed by atoms with E-state index in [4.69, 9.17) is 4.74 Å². The van der Waals surface area contributed by atoms with Gasteiger partial charge in [-0.25, -0.2) is 0 Å². The number of hydrogen-bond donors (Lipinski definition) is 0. The highest BCUT2D eigenvalue weighted by Gasteiger charge is 2.48. The molecule has 0 aliphatic carbocycles. The van der Waals surface area contributed by atoms with Crippen molar-refractivity contribution in [3.05, 3.63) is 60.2 Å². The van der Waals surface area contributed by atoms with Crippen molar-refractivity contribution in [1.82, 2.24) is 4.90 Å². The van der Waals surface area contributed by atoms with Crippen LogP contribution in [0.25, 0.3) is 0 Å². The average Bonchev–Trinajstić information content (AvgIpc) is 3.25. The first-order valence-corrected chi connectivity index (χ1v) is 8.89. The Hall–Kier alpha value is -2.82. The molecule has 2 fully saturated rings. The summed E-state index contributed by atoms with van der Waals surface area (Å²) in [5.41, 5.74) is 1.46. The van der Waals surface area contributed by atoms with E-state index in [2.05, 4.69) is 0 Å². The fourth-order valence-electron chi connectivity index (χ4n) is 4.04. The number of amides is 2. The van der Waals surface area contributed by atoms with Gasteiger partial charge < -0.3 is 14.5 Å². The molecule has 2 heterocycles. The fourth-order valence-corrected chi connectivity index (χ4v) is 4.04. The minimum Gasteiger partial charge on any atom is -0.497 e. The third-order valence-electron chi connectivity index (χ3n) is 5.45. The maximum absolute atomic E-state index is 12.7. The number of carbonyl (C=O) groups excluding carboxylic acids is 2. The lowest BCUT2D eigenvalue weighted by Crippen LogP contribution is -2.34. The second-order valence-electron chi connectivity index (χ2n) is 7.20. The van der Waals surface area contributed by atoms with Crippen LogP contribution in [0, 0.1) is 5.41 Å². The normalized spacial score (nSPS) is 22.3. The molecule has 2 aliphatic rings. The lowest BCUT2D eigenvalue weighted by molar-refractivity contribution is -0.117. The molecule has 0 saturated carbocycles. The molecule has 4 rings (SSSR count). The molecule has 2 amide bonds. The van der Waals surface area contributed by atoms with E-state index >= 15 is 0 Å². The Morgan fingerprint density at radius 2 is 1.77 bits per heavy atom. The largest absolute Gasteiger partial charge is 0.497 e. The summed E-state index contributed by atoms with van der Waals surface area (Å²) < 4.78 is 5.19. The summed E-state index contributed by atoms with van der Waals surface area (Å²) in [6.45, 7) is 2.01. The van der Waals surface area contributed by atoms with Gasteiger partial charge in [0.15, 0.2) is 0 Å². The smallest absolute Gasteiger partial charge is 0.253 e. The Kier molecular flexibility index (Phi) is 4.15. The third-order valence-corrected chi connectivity index (χ3v) is 5.45. The highest BCUT2D eigenvalue weighted by molar-refractivity contribution is 5.97. The van der Waals surface area contributed by atoms with Crippen LogP contribution in [0.1, 0.15) is 23.2 Å². The predicted molar refractivity (Wildman–Crippen MR) is 99.4 cm³/mol. The molecule has 1 atom stereocenters. The van der Waals surface area contributed by atoms with E-state index in [1.54, 1.807) is 7.11 Å². The molecule has 26 heavy (non-hydrogen) atoms. The summed E-state index contributed by atoms with van der Waals surface area (Å²) in [7, 11) is 1.63. The maximum Gasteiger partial charge on any atom is 0.253 e. The molecular weight excluding hydrogens is 328 g/mol. The molecule has 5 heteroatoms. The van der Waals surface area contributed by atoms with Crippen LogP contribution in [-0.4, -0.2) is 43.5 Å². The van der Waals surface area contributed by atoms with E-state index in [0.717, 1.165) is 17.9 Å². The van der Waals surface area contributed by atoms with Gasteiger partial charge >= 0.3 is 0 Å². The van der Waals surface area contributed by atoms with E-state index in [9.17, 15) is 9.59 Å². The molecule has 2 aromatic rings. The number of benzene rings is 2. The first-order chi connectivity index (χ1) is 12.6. The van der Waals surface area contributed by atoms with Gasteiger partial charge in [-0.05, 0) is 42.8 Å². The SMILES string of the molecule is COc1ccc(N2C[C@@]3(CCN(C(=O)c4ccccc4)C3)CC2=O)cc1. The van der Waals surface area contributed by atoms with Gasteiger partial charge in [-0.15, -0.1) is 0 Å². The topological polar surface area (TPSA) is 49.9 Å². The lowest BCUT2D eigenvalue weighted by Gasteiger charge is -2.24. The summed E-state index contributed by atoms with van der Waals surface area (Å²) in [5, 5.41) is 0. The van der Waals surface area contributed by atoms with Crippen molar-refractivity contribution >= 4 is 17.5 Å². The third kappa shape index (κ3) is 2.94. The summed E-state index contributed by atoms with van der Waals surface area (Å²) in [5.74, 6) is 0.956. The van der Waals surface area contributed by atoms with Crippen LogP contribution in [0.2, 0.25) is 0 Å². The quantitative estimate of drug-likeness (QED) is 0.855. The Balaban J connectivity index is 1.48. The number of methoxy groups -OCH3 is 1. The lowest BCUT2D eigenvalue weighted by atomic mass is 9.86. The molecule has 0 bridgehead atoms. The van der Waals surface area contributed by atoms with Gasteiger partial charge in [-0.3, -0.25) is 9.59 Å². The molecular formula is C21H22N2O3. The van der Waals surface area contributed by atoms with Gasteiger partial charge in [0.25, 0.3) is 5.91 Å². The zero-order chi connectivity index (χ0) is 18.1. The number of carbonyl (C=O) groups is 2. The minimum absolute atomic E-state index is 0.0535. The van der Waals surface area contributed by atoms with Crippen LogP contribution in [-0.2, 0) is 4.79 Å². The minimum atomic E-state index is -0.137. The van der Waals surface area contributed by atoms with Gasteiger partial charge in [0.05, 0.1) is 7.11 Å². The summed E-state index contributed by atoms with van der Waals surface area (Å²) in [6.07, 6.45) is 1.36. The molecule has 1 spiro atoms. The van der Waals surface area contributed by atoms with Crippen molar-refractivity contribution in [2.75, 3.05) is 31.6 Å². The van der Waals surface area contributed by atoms with E-state index in [-0.39, 0.29) is 17.2 Å². The van der Waals surface area contributed by atoms with Crippen LogP contribution < -0.4 is 9.64 Å². The van der Waals surface area contributed by atoms with E-state index < -0.39 is 0 Å². The number of ether oxygens (including phenoxy) is 1. The summed E-state index contributed by atoms with van der Waals surface area (Å²) >= 11 is 0. The van der Waals surface area contributed by atoms with Crippen molar-refractivity contribution in [1.29, 1.82) is 0 Å². The molecule has 0 radical (unpaired) electrons. The van der Waals surface area contributed by atoms with Gasteiger partial charge in [0, 0.05) is 42.7 Å². The van der Waals surface area contributed by atoms with Crippen molar-refractivity contribution < 1.29 is 14.3 Å². The summed E-state index contributed by atoms with van der Waals surface area (Å²) in [6, 6.07) is 16.9. The monoisotopic (exact) mass is 350 g/mol. The molecule has 2 aliphatic heterocycles. The number of rotatable bonds is 3. The fraction of sp³-hybridized carbons (Fsp3) is 0.333. The summed E-state index contributed by atoms with van der Waals surface area (Å²) in [4.78, 5) is 29.1. The first kappa shape index (κ1) is 16.6. The van der Waals surface area contributed by atoms with Crippen LogP contribution in [0.15, 0.2) is 54.6 Å². The zero-order valence-electron chi connectivity index (χ0n) is 14.9. The molecule has 0 unspecified atom stereocenters. The van der Waals surface area contributed by atoms with Crippen molar-refractivity contribution in [2.45, 2.75) is 12.8 Å². The Morgan fingerprint density at radius 3 is 2.46 bits per heavy atom. The Labute approximate surface area is 153 Å². The average molecular weight is 350 g/mol. The van der Waals surface area contributed by atoms with Gasteiger partial charge in [0.2, 0.25) is 5.91 Å².